The Balaban J connectivity index is 1.50. The zero-order valence-electron chi connectivity index (χ0n) is 14.2. The molecule has 2 amide bonds. The van der Waals surface area contributed by atoms with Gasteiger partial charge in [0, 0.05) is 37.1 Å². The second-order valence-electron chi connectivity index (χ2n) is 6.30. The largest absolute Gasteiger partial charge is 0.366 e. The minimum absolute atomic E-state index is 0.205. The van der Waals surface area contributed by atoms with Crippen molar-refractivity contribution < 1.29 is 9.59 Å². The van der Waals surface area contributed by atoms with Crippen molar-refractivity contribution >= 4 is 11.8 Å². The van der Waals surface area contributed by atoms with Gasteiger partial charge < -0.3 is 15.6 Å². The van der Waals surface area contributed by atoms with Crippen molar-refractivity contribution in [3.63, 3.8) is 0 Å². The van der Waals surface area contributed by atoms with Crippen LogP contribution in [0.5, 0.6) is 0 Å². The van der Waals surface area contributed by atoms with Crippen LogP contribution in [0, 0.1) is 0 Å². The summed E-state index contributed by atoms with van der Waals surface area (Å²) in [7, 11) is 0. The van der Waals surface area contributed by atoms with E-state index in [9.17, 15) is 9.59 Å². The Kier molecular flexibility index (Phi) is 5.42. The fourth-order valence-electron chi connectivity index (χ4n) is 3.09. The molecular weight excluding hydrogens is 318 g/mol. The molecule has 0 radical (unpaired) electrons. The predicted octanol–water partition coefficient (Wildman–Crippen LogP) is 1.47. The minimum Gasteiger partial charge on any atom is -0.366 e. The molecule has 1 aromatic carbocycles. The Bertz CT molecular complexity index is 769. The van der Waals surface area contributed by atoms with Gasteiger partial charge >= 0.3 is 0 Å². The lowest BCUT2D eigenvalue weighted by Gasteiger charge is -2.08. The number of primary amides is 1. The summed E-state index contributed by atoms with van der Waals surface area (Å²) in [6, 6.07) is 6.42. The highest BCUT2D eigenvalue weighted by atomic mass is 16.2. The van der Waals surface area contributed by atoms with Crippen LogP contribution in [-0.4, -0.2) is 33.1 Å². The van der Waals surface area contributed by atoms with E-state index >= 15 is 0 Å². The van der Waals surface area contributed by atoms with Gasteiger partial charge in [0.25, 0.3) is 5.91 Å². The first kappa shape index (κ1) is 17.1. The van der Waals surface area contributed by atoms with Crippen molar-refractivity contribution in [2.24, 2.45) is 5.73 Å². The summed E-state index contributed by atoms with van der Waals surface area (Å²) in [5, 5.41) is 11.5. The van der Waals surface area contributed by atoms with Crippen molar-refractivity contribution in [1.29, 1.82) is 0 Å². The molecule has 1 aliphatic heterocycles. The Labute approximate surface area is 146 Å². The average Bonchev–Trinajstić information content (AvgIpc) is 2.85. The standard InChI is InChI=1S/C18H23N5O2/c19-17(24)13-6-4-7-14(12-13)18(25)20-10-5-9-16-22-21-15-8-2-1-3-11-23(15)16/h4,6-7,12H,1-3,5,8-11H2,(H2,19,24)(H,20,25). The topological polar surface area (TPSA) is 103 Å². The predicted molar refractivity (Wildman–Crippen MR) is 93.2 cm³/mol. The molecule has 0 saturated carbocycles. The minimum atomic E-state index is -0.540. The van der Waals surface area contributed by atoms with Gasteiger partial charge in [0.15, 0.2) is 0 Å². The second kappa shape index (κ2) is 7.92. The number of nitrogens with two attached hydrogens (primary N) is 1. The first-order valence-electron chi connectivity index (χ1n) is 8.74. The van der Waals surface area contributed by atoms with Crippen molar-refractivity contribution in [3.8, 4) is 0 Å². The Morgan fingerprint density at radius 2 is 2.00 bits per heavy atom. The van der Waals surface area contributed by atoms with Crippen molar-refractivity contribution in [3.05, 3.63) is 47.0 Å². The number of nitrogens with zero attached hydrogens (tertiary/aromatic N) is 3. The van der Waals surface area contributed by atoms with Crippen LogP contribution >= 0.6 is 0 Å². The van der Waals surface area contributed by atoms with Crippen LogP contribution in [0.1, 0.15) is 58.0 Å². The number of fused-ring (bicyclic) bond motifs is 1. The fourth-order valence-corrected chi connectivity index (χ4v) is 3.09. The van der Waals surface area contributed by atoms with Crippen LogP contribution in [-0.2, 0) is 19.4 Å². The molecule has 7 heteroatoms. The van der Waals surface area contributed by atoms with Crippen molar-refractivity contribution in [2.45, 2.75) is 45.1 Å². The first-order valence-corrected chi connectivity index (χ1v) is 8.74. The molecule has 3 rings (SSSR count). The molecule has 0 fully saturated rings. The van der Waals surface area contributed by atoms with E-state index in [2.05, 4.69) is 20.1 Å². The molecule has 0 atom stereocenters. The number of aryl methyl sites for hydroxylation is 2. The zero-order chi connectivity index (χ0) is 17.6. The maximum Gasteiger partial charge on any atom is 0.251 e. The van der Waals surface area contributed by atoms with Crippen molar-refractivity contribution in [2.75, 3.05) is 6.54 Å². The van der Waals surface area contributed by atoms with Crippen LogP contribution in [0.25, 0.3) is 0 Å². The quantitative estimate of drug-likeness (QED) is 0.776. The molecule has 0 aliphatic carbocycles. The Morgan fingerprint density at radius 1 is 1.16 bits per heavy atom. The maximum atomic E-state index is 12.2. The highest BCUT2D eigenvalue weighted by molar-refractivity contribution is 5.99. The molecule has 0 bridgehead atoms. The number of aromatic nitrogens is 3. The number of amides is 2. The molecule has 0 spiro atoms. The van der Waals surface area contributed by atoms with Gasteiger partial charge in [-0.1, -0.05) is 12.5 Å². The molecule has 132 valence electrons. The van der Waals surface area contributed by atoms with Crippen LogP contribution in [0.4, 0.5) is 0 Å². The molecule has 0 unspecified atom stereocenters. The normalized spacial score (nSPS) is 13.8. The molecule has 1 aromatic heterocycles. The number of hydrogen-bond acceptors (Lipinski definition) is 4. The van der Waals surface area contributed by atoms with E-state index in [0.29, 0.717) is 17.7 Å². The summed E-state index contributed by atoms with van der Waals surface area (Å²) in [4.78, 5) is 23.3. The lowest BCUT2D eigenvalue weighted by molar-refractivity contribution is 0.0953. The average molecular weight is 341 g/mol. The van der Waals surface area contributed by atoms with Gasteiger partial charge in [-0.05, 0) is 37.5 Å². The van der Waals surface area contributed by atoms with Gasteiger partial charge in [-0.2, -0.15) is 0 Å². The zero-order valence-corrected chi connectivity index (χ0v) is 14.2. The van der Waals surface area contributed by atoms with E-state index in [1.54, 1.807) is 18.2 Å². The fraction of sp³-hybridized carbons (Fsp3) is 0.444. The molecule has 1 aliphatic rings. The van der Waals surface area contributed by atoms with Gasteiger partial charge in [-0.15, -0.1) is 10.2 Å². The number of benzene rings is 1. The Morgan fingerprint density at radius 3 is 2.84 bits per heavy atom. The van der Waals surface area contributed by atoms with Crippen LogP contribution in [0.2, 0.25) is 0 Å². The summed E-state index contributed by atoms with van der Waals surface area (Å²) in [5.41, 5.74) is 6.01. The van der Waals surface area contributed by atoms with Gasteiger partial charge in [-0.25, -0.2) is 0 Å². The number of nitrogens with one attached hydrogen (secondary N) is 1. The summed E-state index contributed by atoms with van der Waals surface area (Å²) in [6.45, 7) is 1.53. The third kappa shape index (κ3) is 4.23. The van der Waals surface area contributed by atoms with E-state index < -0.39 is 5.91 Å². The lowest BCUT2D eigenvalue weighted by Crippen LogP contribution is -2.25. The van der Waals surface area contributed by atoms with Crippen molar-refractivity contribution in [1.82, 2.24) is 20.1 Å². The molecule has 7 nitrogen and oxygen atoms in total. The van der Waals surface area contributed by atoms with Gasteiger partial charge in [0.1, 0.15) is 11.6 Å². The number of rotatable bonds is 6. The smallest absolute Gasteiger partial charge is 0.251 e. The SMILES string of the molecule is NC(=O)c1cccc(C(=O)NCCCc2nnc3n2CCCCC3)c1. The van der Waals surface area contributed by atoms with E-state index in [4.69, 9.17) is 5.73 Å². The second-order valence-corrected chi connectivity index (χ2v) is 6.30. The van der Waals surface area contributed by atoms with Crippen LogP contribution in [0.15, 0.2) is 24.3 Å². The number of hydrogen-bond donors (Lipinski definition) is 2. The maximum absolute atomic E-state index is 12.2. The monoisotopic (exact) mass is 341 g/mol. The molecule has 3 N–H and O–H groups in total. The first-order chi connectivity index (χ1) is 12.1. The highest BCUT2D eigenvalue weighted by Crippen LogP contribution is 2.15. The highest BCUT2D eigenvalue weighted by Gasteiger charge is 2.14. The van der Waals surface area contributed by atoms with Gasteiger partial charge in [0.05, 0.1) is 0 Å². The molecule has 2 aromatic rings. The molecule has 2 heterocycles. The van der Waals surface area contributed by atoms with Gasteiger partial charge in [0.2, 0.25) is 5.91 Å². The van der Waals surface area contributed by atoms with Gasteiger partial charge in [-0.3, -0.25) is 9.59 Å². The third-order valence-electron chi connectivity index (χ3n) is 4.46. The van der Waals surface area contributed by atoms with Crippen LogP contribution in [0.3, 0.4) is 0 Å². The summed E-state index contributed by atoms with van der Waals surface area (Å²) < 4.78 is 2.23. The molecule has 0 saturated heterocycles. The van der Waals surface area contributed by atoms with E-state index in [1.807, 2.05) is 0 Å². The van der Waals surface area contributed by atoms with Crippen LogP contribution < -0.4 is 11.1 Å². The molecule has 25 heavy (non-hydrogen) atoms. The summed E-state index contributed by atoms with van der Waals surface area (Å²) >= 11 is 0. The lowest BCUT2D eigenvalue weighted by atomic mass is 10.1. The molecular formula is C18H23N5O2. The van der Waals surface area contributed by atoms with E-state index in [1.165, 1.54) is 25.3 Å². The number of carbonyl (C=O) groups is 2. The third-order valence-corrected chi connectivity index (χ3v) is 4.46. The summed E-state index contributed by atoms with van der Waals surface area (Å²) in [5.74, 6) is 1.34. The summed E-state index contributed by atoms with van der Waals surface area (Å²) in [6.07, 6.45) is 6.17. The number of carbonyl (C=O) groups excluding carboxylic acids is 2. The Hall–Kier alpha value is -2.70. The van der Waals surface area contributed by atoms with E-state index in [0.717, 1.165) is 37.5 Å². The van der Waals surface area contributed by atoms with E-state index in [-0.39, 0.29) is 5.91 Å².